The van der Waals surface area contributed by atoms with Crippen molar-refractivity contribution in [3.8, 4) is 0 Å². The molecule has 0 spiro atoms. The van der Waals surface area contributed by atoms with Gasteiger partial charge in [-0.25, -0.2) is 4.39 Å². The topological polar surface area (TPSA) is 69.7 Å². The first kappa shape index (κ1) is 18.4. The minimum Gasteiger partial charge on any atom is -0.354 e. The SMILES string of the molecule is O=C(NCCN1CCCC1=O)[C@@H]1CCC(=O)N(Cc2cccc(F)c2)C1. The van der Waals surface area contributed by atoms with Gasteiger partial charge < -0.3 is 15.1 Å². The lowest BCUT2D eigenvalue weighted by molar-refractivity contribution is -0.139. The largest absolute Gasteiger partial charge is 0.354 e. The first-order chi connectivity index (χ1) is 12.5. The number of hydrogen-bond donors (Lipinski definition) is 1. The third kappa shape index (κ3) is 4.59. The summed E-state index contributed by atoms with van der Waals surface area (Å²) in [5.74, 6) is -0.564. The average molecular weight is 361 g/mol. The molecule has 3 rings (SSSR count). The second-order valence-corrected chi connectivity index (χ2v) is 6.92. The van der Waals surface area contributed by atoms with E-state index in [-0.39, 0.29) is 29.5 Å². The smallest absolute Gasteiger partial charge is 0.224 e. The zero-order valence-corrected chi connectivity index (χ0v) is 14.7. The molecule has 0 aromatic heterocycles. The van der Waals surface area contributed by atoms with E-state index in [4.69, 9.17) is 0 Å². The number of nitrogens with one attached hydrogen (secondary N) is 1. The van der Waals surface area contributed by atoms with Crippen molar-refractivity contribution in [2.45, 2.75) is 32.2 Å². The lowest BCUT2D eigenvalue weighted by Gasteiger charge is -2.32. The summed E-state index contributed by atoms with van der Waals surface area (Å²) in [6, 6.07) is 6.16. The summed E-state index contributed by atoms with van der Waals surface area (Å²) in [7, 11) is 0. The summed E-state index contributed by atoms with van der Waals surface area (Å²) < 4.78 is 13.3. The van der Waals surface area contributed by atoms with E-state index in [1.807, 2.05) is 0 Å². The Morgan fingerprint density at radius 2 is 2.00 bits per heavy atom. The molecule has 1 aromatic carbocycles. The zero-order chi connectivity index (χ0) is 18.5. The maximum absolute atomic E-state index is 13.3. The van der Waals surface area contributed by atoms with Crippen LogP contribution in [0.5, 0.6) is 0 Å². The highest BCUT2D eigenvalue weighted by Gasteiger charge is 2.30. The zero-order valence-electron chi connectivity index (χ0n) is 14.7. The molecule has 6 nitrogen and oxygen atoms in total. The van der Waals surface area contributed by atoms with Crippen LogP contribution in [0.15, 0.2) is 24.3 Å². The summed E-state index contributed by atoms with van der Waals surface area (Å²) in [6.07, 6.45) is 2.31. The number of piperidine rings is 1. The minimum atomic E-state index is -0.335. The highest BCUT2D eigenvalue weighted by atomic mass is 19.1. The summed E-state index contributed by atoms with van der Waals surface area (Å²) in [6.45, 7) is 2.36. The molecule has 2 aliphatic rings. The maximum Gasteiger partial charge on any atom is 0.224 e. The van der Waals surface area contributed by atoms with Crippen LogP contribution in [0, 0.1) is 11.7 Å². The van der Waals surface area contributed by atoms with E-state index in [1.54, 1.807) is 21.9 Å². The standard InChI is InChI=1S/C19H24FN3O3/c20-16-4-1-3-14(11-16)12-23-13-15(6-7-18(23)25)19(26)21-8-10-22-9-2-5-17(22)24/h1,3-4,11,15H,2,5-10,12-13H2,(H,21,26)/t15-/m1/s1. The molecule has 0 aliphatic carbocycles. The third-order valence-corrected chi connectivity index (χ3v) is 4.99. The fourth-order valence-corrected chi connectivity index (χ4v) is 3.54. The molecule has 3 amide bonds. The van der Waals surface area contributed by atoms with Crippen molar-refractivity contribution in [1.82, 2.24) is 15.1 Å². The van der Waals surface area contributed by atoms with Crippen molar-refractivity contribution >= 4 is 17.7 Å². The molecule has 2 aliphatic heterocycles. The predicted molar refractivity (Wildman–Crippen MR) is 93.4 cm³/mol. The summed E-state index contributed by atoms with van der Waals surface area (Å²) in [5, 5.41) is 2.88. The minimum absolute atomic E-state index is 0.0130. The van der Waals surface area contributed by atoms with E-state index in [0.29, 0.717) is 51.0 Å². The Morgan fingerprint density at radius 1 is 1.19 bits per heavy atom. The normalized spacial score (nSPS) is 20.6. The molecule has 140 valence electrons. The Bertz CT molecular complexity index is 694. The predicted octanol–water partition coefficient (Wildman–Crippen LogP) is 1.30. The molecule has 2 heterocycles. The van der Waals surface area contributed by atoms with Gasteiger partial charge in [-0.1, -0.05) is 12.1 Å². The average Bonchev–Trinajstić information content (AvgIpc) is 3.02. The van der Waals surface area contributed by atoms with Gasteiger partial charge in [-0.05, 0) is 30.5 Å². The number of amides is 3. The van der Waals surface area contributed by atoms with E-state index in [1.165, 1.54) is 12.1 Å². The van der Waals surface area contributed by atoms with Crippen LogP contribution in [0.1, 0.15) is 31.2 Å². The van der Waals surface area contributed by atoms with E-state index in [9.17, 15) is 18.8 Å². The van der Waals surface area contributed by atoms with Crippen LogP contribution in [-0.4, -0.2) is 53.7 Å². The van der Waals surface area contributed by atoms with Gasteiger partial charge in [0.2, 0.25) is 17.7 Å². The number of halogens is 1. The van der Waals surface area contributed by atoms with Crippen LogP contribution in [0.25, 0.3) is 0 Å². The van der Waals surface area contributed by atoms with Crippen LogP contribution < -0.4 is 5.32 Å². The van der Waals surface area contributed by atoms with E-state index >= 15 is 0 Å². The van der Waals surface area contributed by atoms with Gasteiger partial charge in [-0.2, -0.15) is 0 Å². The number of nitrogens with zero attached hydrogens (tertiary/aromatic N) is 2. The highest BCUT2D eigenvalue weighted by molar-refractivity contribution is 5.84. The Balaban J connectivity index is 1.49. The first-order valence-corrected chi connectivity index (χ1v) is 9.10. The van der Waals surface area contributed by atoms with Crippen molar-refractivity contribution < 1.29 is 18.8 Å². The molecule has 1 N–H and O–H groups in total. The second-order valence-electron chi connectivity index (χ2n) is 6.92. The van der Waals surface area contributed by atoms with Gasteiger partial charge in [0.25, 0.3) is 0 Å². The molecule has 26 heavy (non-hydrogen) atoms. The van der Waals surface area contributed by atoms with E-state index in [0.717, 1.165) is 13.0 Å². The van der Waals surface area contributed by atoms with Crippen LogP contribution in [-0.2, 0) is 20.9 Å². The molecule has 0 saturated carbocycles. The van der Waals surface area contributed by atoms with Crippen molar-refractivity contribution in [3.63, 3.8) is 0 Å². The number of hydrogen-bond acceptors (Lipinski definition) is 3. The van der Waals surface area contributed by atoms with Gasteiger partial charge in [0.15, 0.2) is 0 Å². The van der Waals surface area contributed by atoms with Gasteiger partial charge in [0, 0.05) is 45.6 Å². The second kappa shape index (κ2) is 8.29. The summed E-state index contributed by atoms with van der Waals surface area (Å²) in [5.41, 5.74) is 0.715. The lowest BCUT2D eigenvalue weighted by Crippen LogP contribution is -2.46. The Hall–Kier alpha value is -2.44. The fourth-order valence-electron chi connectivity index (χ4n) is 3.54. The Morgan fingerprint density at radius 3 is 2.73 bits per heavy atom. The summed E-state index contributed by atoms with van der Waals surface area (Å²) >= 11 is 0. The van der Waals surface area contributed by atoms with Crippen molar-refractivity contribution in [3.05, 3.63) is 35.6 Å². The van der Waals surface area contributed by atoms with E-state index in [2.05, 4.69) is 5.32 Å². The van der Waals surface area contributed by atoms with Gasteiger partial charge in [0.1, 0.15) is 5.82 Å². The van der Waals surface area contributed by atoms with Gasteiger partial charge in [-0.15, -0.1) is 0 Å². The first-order valence-electron chi connectivity index (χ1n) is 9.10. The van der Waals surface area contributed by atoms with Crippen LogP contribution in [0.3, 0.4) is 0 Å². The van der Waals surface area contributed by atoms with Crippen LogP contribution >= 0.6 is 0 Å². The summed E-state index contributed by atoms with van der Waals surface area (Å²) in [4.78, 5) is 39.5. The molecule has 0 radical (unpaired) electrons. The number of carbonyl (C=O) groups excluding carboxylic acids is 3. The molecule has 2 fully saturated rings. The number of benzene rings is 1. The molecule has 7 heteroatoms. The van der Waals surface area contributed by atoms with Gasteiger partial charge in [0.05, 0.1) is 5.92 Å². The number of rotatable bonds is 6. The molecule has 1 atom stereocenters. The van der Waals surface area contributed by atoms with Crippen molar-refractivity contribution in [1.29, 1.82) is 0 Å². The quantitative estimate of drug-likeness (QED) is 0.830. The highest BCUT2D eigenvalue weighted by Crippen LogP contribution is 2.20. The molecular formula is C19H24FN3O3. The maximum atomic E-state index is 13.3. The van der Waals surface area contributed by atoms with Crippen LogP contribution in [0.4, 0.5) is 4.39 Å². The fraction of sp³-hybridized carbons (Fsp3) is 0.526. The molecule has 0 unspecified atom stereocenters. The monoisotopic (exact) mass is 361 g/mol. The molecule has 1 aromatic rings. The third-order valence-electron chi connectivity index (χ3n) is 4.99. The van der Waals surface area contributed by atoms with Gasteiger partial charge in [-0.3, -0.25) is 14.4 Å². The number of likely N-dealkylation sites (tertiary alicyclic amines) is 2. The number of carbonyl (C=O) groups is 3. The van der Waals surface area contributed by atoms with Crippen LogP contribution in [0.2, 0.25) is 0 Å². The molecular weight excluding hydrogens is 337 g/mol. The van der Waals surface area contributed by atoms with Crippen molar-refractivity contribution in [2.75, 3.05) is 26.2 Å². The van der Waals surface area contributed by atoms with Gasteiger partial charge >= 0.3 is 0 Å². The molecule has 2 saturated heterocycles. The lowest BCUT2D eigenvalue weighted by atomic mass is 9.96. The van der Waals surface area contributed by atoms with E-state index < -0.39 is 0 Å². The van der Waals surface area contributed by atoms with Crippen molar-refractivity contribution in [2.24, 2.45) is 5.92 Å². The Labute approximate surface area is 152 Å². The Kier molecular flexibility index (Phi) is 5.85. The molecule has 0 bridgehead atoms.